The van der Waals surface area contributed by atoms with E-state index in [0.29, 0.717) is 13.2 Å². The van der Waals surface area contributed by atoms with Crippen LogP contribution in [0.25, 0.3) is 0 Å². The van der Waals surface area contributed by atoms with E-state index in [2.05, 4.69) is 31.9 Å². The summed E-state index contributed by atoms with van der Waals surface area (Å²) in [6.07, 6.45) is 0. The Hall–Kier alpha value is 0.880. The van der Waals surface area contributed by atoms with Gasteiger partial charge < -0.3 is 9.47 Å². The highest BCUT2D eigenvalue weighted by Gasteiger charge is 2.28. The van der Waals surface area contributed by atoms with Crippen molar-refractivity contribution in [3.05, 3.63) is 0 Å². The van der Waals surface area contributed by atoms with Crippen molar-refractivity contribution in [2.24, 2.45) is 0 Å². The van der Waals surface area contributed by atoms with Gasteiger partial charge in [0.15, 0.2) is 0 Å². The molecule has 1 rings (SSSR count). The molecule has 42 valence electrons. The number of halogens is 2. The van der Waals surface area contributed by atoms with Crippen molar-refractivity contribution >= 4 is 31.9 Å². The van der Waals surface area contributed by atoms with E-state index >= 15 is 0 Å². The number of alkyl halides is 2. The Bertz CT molecular complexity index is 65.3. The second-order valence-electron chi connectivity index (χ2n) is 1.16. The lowest BCUT2D eigenvalue weighted by Gasteiger charge is -2.08. The molecule has 0 saturated carbocycles. The third kappa shape index (κ3) is 1.68. The minimum Gasteiger partial charge on any atom is -0.330 e. The number of hydrogen-bond acceptors (Lipinski definition) is 2. The summed E-state index contributed by atoms with van der Waals surface area (Å²) in [7, 11) is 0. The molecule has 0 amide bonds. The van der Waals surface area contributed by atoms with Crippen LogP contribution in [0.1, 0.15) is 0 Å². The van der Waals surface area contributed by atoms with Crippen LogP contribution in [0.3, 0.4) is 0 Å². The predicted octanol–water partition coefficient (Wildman–Crippen LogP) is 1.43. The van der Waals surface area contributed by atoms with E-state index in [9.17, 15) is 0 Å². The summed E-state index contributed by atoms with van der Waals surface area (Å²) in [5, 5.41) is 0. The van der Waals surface area contributed by atoms with Crippen LogP contribution in [-0.2, 0) is 9.47 Å². The van der Waals surface area contributed by atoms with Gasteiger partial charge in [-0.1, -0.05) is 0 Å². The van der Waals surface area contributed by atoms with Crippen LogP contribution in [0.15, 0.2) is 0 Å². The molecule has 7 heavy (non-hydrogen) atoms. The Morgan fingerprint density at radius 1 is 1.14 bits per heavy atom. The van der Waals surface area contributed by atoms with Crippen LogP contribution in [-0.4, -0.2) is 16.8 Å². The molecule has 0 N–H and O–H groups in total. The Labute approximate surface area is 58.4 Å². The molecule has 1 heterocycles. The molecule has 4 heteroatoms. The quantitative estimate of drug-likeness (QED) is 0.588. The molecule has 1 aliphatic rings. The second kappa shape index (κ2) is 2.01. The lowest BCUT2D eigenvalue weighted by molar-refractivity contribution is 0.0157. The Morgan fingerprint density at radius 2 is 1.57 bits per heavy atom. The molecule has 0 bridgehead atoms. The first-order valence-corrected chi connectivity index (χ1v) is 3.45. The largest absolute Gasteiger partial charge is 0.330 e. The number of hydrogen-bond donors (Lipinski definition) is 0. The minimum atomic E-state index is -0.681. The maximum atomic E-state index is 4.95. The minimum absolute atomic E-state index is 0.649. The summed E-state index contributed by atoms with van der Waals surface area (Å²) < 4.78 is 9.22. The van der Waals surface area contributed by atoms with Crippen LogP contribution in [0.5, 0.6) is 0 Å². The van der Waals surface area contributed by atoms with Gasteiger partial charge in [-0.2, -0.15) is 0 Å². The van der Waals surface area contributed by atoms with Gasteiger partial charge in [0, 0.05) is 0 Å². The molecular formula is C3H4Br2O2. The van der Waals surface area contributed by atoms with Gasteiger partial charge in [0.05, 0.1) is 13.2 Å². The molecule has 2 nitrogen and oxygen atoms in total. The highest BCUT2D eigenvalue weighted by Crippen LogP contribution is 2.32. The fourth-order valence-corrected chi connectivity index (χ4v) is 1.01. The molecule has 0 aromatic heterocycles. The van der Waals surface area contributed by atoms with Gasteiger partial charge in [0.25, 0.3) is 3.61 Å². The summed E-state index contributed by atoms with van der Waals surface area (Å²) in [4.78, 5) is 0. The molecule has 0 aromatic rings. The summed E-state index contributed by atoms with van der Waals surface area (Å²) in [6, 6.07) is 0. The molecule has 0 aliphatic carbocycles. The van der Waals surface area contributed by atoms with E-state index in [1.807, 2.05) is 0 Å². The van der Waals surface area contributed by atoms with Gasteiger partial charge in [-0.05, 0) is 31.9 Å². The standard InChI is InChI=1S/C3H4Br2O2/c4-3(5)6-1-2-7-3/h1-2H2. The number of ether oxygens (including phenoxy) is 2. The molecule has 0 spiro atoms. The zero-order valence-corrected chi connectivity index (χ0v) is 6.66. The topological polar surface area (TPSA) is 18.5 Å². The third-order valence-electron chi connectivity index (χ3n) is 0.624. The van der Waals surface area contributed by atoms with Gasteiger partial charge in [0.1, 0.15) is 0 Å². The van der Waals surface area contributed by atoms with Crippen LogP contribution in [0.2, 0.25) is 0 Å². The number of rotatable bonds is 0. The van der Waals surface area contributed by atoms with Crippen LogP contribution >= 0.6 is 31.9 Å². The molecule has 1 fully saturated rings. The van der Waals surface area contributed by atoms with Gasteiger partial charge >= 0.3 is 0 Å². The summed E-state index contributed by atoms with van der Waals surface area (Å²) in [5.41, 5.74) is 0. The zero-order chi connectivity index (χ0) is 5.33. The van der Waals surface area contributed by atoms with Crippen molar-refractivity contribution < 1.29 is 9.47 Å². The normalized spacial score (nSPS) is 28.3. The smallest absolute Gasteiger partial charge is 0.285 e. The summed E-state index contributed by atoms with van der Waals surface area (Å²) in [6.45, 7) is 1.30. The molecule has 0 aromatic carbocycles. The fraction of sp³-hybridized carbons (Fsp3) is 1.00. The predicted molar refractivity (Wildman–Crippen MR) is 32.5 cm³/mol. The van der Waals surface area contributed by atoms with Crippen LogP contribution in [0.4, 0.5) is 0 Å². The monoisotopic (exact) mass is 230 g/mol. The molecule has 0 atom stereocenters. The summed E-state index contributed by atoms with van der Waals surface area (Å²) >= 11 is 6.23. The van der Waals surface area contributed by atoms with Crippen molar-refractivity contribution in [3.63, 3.8) is 0 Å². The van der Waals surface area contributed by atoms with Crippen molar-refractivity contribution in [1.29, 1.82) is 0 Å². The zero-order valence-electron chi connectivity index (χ0n) is 3.49. The van der Waals surface area contributed by atoms with E-state index in [-0.39, 0.29) is 0 Å². The maximum absolute atomic E-state index is 4.95. The average Bonchev–Trinajstić information content (AvgIpc) is 1.84. The van der Waals surface area contributed by atoms with Crippen molar-refractivity contribution in [1.82, 2.24) is 0 Å². The lowest BCUT2D eigenvalue weighted by Crippen LogP contribution is -2.08. The van der Waals surface area contributed by atoms with Gasteiger partial charge in [0.2, 0.25) is 0 Å². The van der Waals surface area contributed by atoms with E-state index in [0.717, 1.165) is 0 Å². The second-order valence-corrected chi connectivity index (χ2v) is 4.31. The molecule has 0 unspecified atom stereocenters. The highest BCUT2D eigenvalue weighted by molar-refractivity contribution is 9.25. The molecule has 1 aliphatic heterocycles. The van der Waals surface area contributed by atoms with Gasteiger partial charge in [-0.15, -0.1) is 0 Å². The first kappa shape index (κ1) is 6.01. The first-order chi connectivity index (χ1) is 3.21. The summed E-state index contributed by atoms with van der Waals surface area (Å²) in [5.74, 6) is 0. The van der Waals surface area contributed by atoms with E-state index in [1.165, 1.54) is 0 Å². The van der Waals surface area contributed by atoms with E-state index in [1.54, 1.807) is 0 Å². The molecule has 0 radical (unpaired) electrons. The molecular weight excluding hydrogens is 228 g/mol. The fourth-order valence-electron chi connectivity index (χ4n) is 0.363. The van der Waals surface area contributed by atoms with E-state index in [4.69, 9.17) is 9.47 Å². The van der Waals surface area contributed by atoms with E-state index < -0.39 is 3.61 Å². The Morgan fingerprint density at radius 3 is 1.71 bits per heavy atom. The third-order valence-corrected chi connectivity index (χ3v) is 1.54. The Balaban J connectivity index is 2.40. The maximum Gasteiger partial charge on any atom is 0.285 e. The lowest BCUT2D eigenvalue weighted by atomic mass is 10.8. The van der Waals surface area contributed by atoms with Crippen LogP contribution in [0, 0.1) is 0 Å². The van der Waals surface area contributed by atoms with Gasteiger partial charge in [-0.25, -0.2) is 0 Å². The molecule has 1 saturated heterocycles. The average molecular weight is 232 g/mol. The SMILES string of the molecule is BrC1(Br)OCCO1. The van der Waals surface area contributed by atoms with Crippen molar-refractivity contribution in [2.75, 3.05) is 13.2 Å². The highest BCUT2D eigenvalue weighted by atomic mass is 79.9. The van der Waals surface area contributed by atoms with Crippen molar-refractivity contribution in [3.8, 4) is 0 Å². The van der Waals surface area contributed by atoms with Gasteiger partial charge in [-0.3, -0.25) is 0 Å². The Kier molecular flexibility index (Phi) is 1.72. The van der Waals surface area contributed by atoms with Crippen molar-refractivity contribution in [2.45, 2.75) is 3.61 Å². The first-order valence-electron chi connectivity index (χ1n) is 1.86. The van der Waals surface area contributed by atoms with Crippen LogP contribution < -0.4 is 0 Å².